The molecule has 9 heteroatoms. The SMILES string of the molecule is CCN(CC)c1cccc2c1N(Cc1ccco1)C(=O)C(CC(=O)[C@@H](CC(C)C)NC(=O)CN)C2.Cl. The normalized spacial score (nSPS) is 15.8. The first-order valence-corrected chi connectivity index (χ1v) is 12.5. The highest BCUT2D eigenvalue weighted by atomic mass is 35.5. The average molecular weight is 519 g/mol. The molecule has 0 radical (unpaired) electrons. The number of hydrogen-bond acceptors (Lipinski definition) is 6. The number of benzene rings is 1. The van der Waals surface area contributed by atoms with Crippen LogP contribution in [-0.2, 0) is 27.3 Å². The van der Waals surface area contributed by atoms with Crippen LogP contribution in [0.3, 0.4) is 0 Å². The van der Waals surface area contributed by atoms with Crippen LogP contribution in [0.25, 0.3) is 0 Å². The number of nitrogens with two attached hydrogens (primary N) is 1. The Morgan fingerprint density at radius 3 is 2.50 bits per heavy atom. The highest BCUT2D eigenvalue weighted by molar-refractivity contribution is 6.03. The number of rotatable bonds is 12. The molecule has 36 heavy (non-hydrogen) atoms. The van der Waals surface area contributed by atoms with Gasteiger partial charge in [0.15, 0.2) is 5.78 Å². The fourth-order valence-electron chi connectivity index (χ4n) is 4.81. The molecule has 2 amide bonds. The molecular weight excluding hydrogens is 480 g/mol. The van der Waals surface area contributed by atoms with Gasteiger partial charge in [0.1, 0.15) is 5.76 Å². The van der Waals surface area contributed by atoms with Crippen molar-refractivity contribution in [2.75, 3.05) is 29.4 Å². The minimum Gasteiger partial charge on any atom is -0.467 e. The summed E-state index contributed by atoms with van der Waals surface area (Å²) in [5.41, 5.74) is 8.38. The van der Waals surface area contributed by atoms with Crippen LogP contribution in [0.1, 0.15) is 51.9 Å². The standard InChI is InChI=1S/C27H38N4O4.ClH/c1-5-30(6-2)23-11-7-9-19-14-20(15-24(32)22(13-18(3)4)29-25(33)16-28)27(34)31(26(19)23)17-21-10-8-12-35-21;/h7-12,18,20,22H,5-6,13-17,28H2,1-4H3,(H,29,33);1H/t20?,22-;/m1./s1. The number of fused-ring (bicyclic) bond motifs is 1. The van der Waals surface area contributed by atoms with Gasteiger partial charge in [-0.05, 0) is 56.4 Å². The lowest BCUT2D eigenvalue weighted by atomic mass is 9.85. The van der Waals surface area contributed by atoms with Crippen LogP contribution in [-0.4, -0.2) is 43.3 Å². The molecule has 0 saturated heterocycles. The summed E-state index contributed by atoms with van der Waals surface area (Å²) < 4.78 is 5.57. The van der Waals surface area contributed by atoms with Crippen molar-refractivity contribution in [3.05, 3.63) is 47.9 Å². The van der Waals surface area contributed by atoms with Crippen molar-refractivity contribution in [1.29, 1.82) is 0 Å². The van der Waals surface area contributed by atoms with Gasteiger partial charge in [-0.2, -0.15) is 0 Å². The van der Waals surface area contributed by atoms with Gasteiger partial charge in [-0.1, -0.05) is 26.0 Å². The van der Waals surface area contributed by atoms with Crippen LogP contribution < -0.4 is 20.9 Å². The summed E-state index contributed by atoms with van der Waals surface area (Å²) in [4.78, 5) is 43.1. The molecule has 0 saturated carbocycles. The number of amides is 2. The Bertz CT molecular complexity index is 1020. The first-order chi connectivity index (χ1) is 16.8. The number of para-hydroxylation sites is 1. The van der Waals surface area contributed by atoms with Gasteiger partial charge < -0.3 is 25.3 Å². The van der Waals surface area contributed by atoms with Crippen LogP contribution in [0, 0.1) is 11.8 Å². The molecular formula is C27H39ClN4O4. The molecule has 2 atom stereocenters. The van der Waals surface area contributed by atoms with Crippen molar-refractivity contribution < 1.29 is 18.8 Å². The van der Waals surface area contributed by atoms with Crippen molar-refractivity contribution in [2.45, 2.75) is 59.5 Å². The first kappa shape index (κ1) is 29.4. The Kier molecular flexibility index (Phi) is 11.0. The van der Waals surface area contributed by atoms with E-state index in [-0.39, 0.29) is 48.9 Å². The number of anilines is 2. The highest BCUT2D eigenvalue weighted by Crippen LogP contribution is 2.40. The van der Waals surface area contributed by atoms with Crippen LogP contribution in [0.2, 0.25) is 0 Å². The number of nitrogens with one attached hydrogen (secondary N) is 1. The van der Waals surface area contributed by atoms with Crippen LogP contribution >= 0.6 is 12.4 Å². The zero-order valence-corrected chi connectivity index (χ0v) is 22.5. The number of furan rings is 1. The van der Waals surface area contributed by atoms with Crippen LogP contribution in [0.5, 0.6) is 0 Å². The molecule has 0 fully saturated rings. The molecule has 1 unspecified atom stereocenters. The second-order valence-electron chi connectivity index (χ2n) is 9.49. The van der Waals surface area contributed by atoms with E-state index in [2.05, 4.69) is 24.1 Å². The summed E-state index contributed by atoms with van der Waals surface area (Å²) >= 11 is 0. The van der Waals surface area contributed by atoms with E-state index in [0.29, 0.717) is 25.1 Å². The molecule has 2 aromatic rings. The fraction of sp³-hybridized carbons (Fsp3) is 0.519. The number of Topliss-reactive ketones (excluding diaryl/α,β-unsaturated/α-hetero) is 1. The van der Waals surface area contributed by atoms with Crippen LogP contribution in [0.4, 0.5) is 11.4 Å². The monoisotopic (exact) mass is 518 g/mol. The third-order valence-electron chi connectivity index (χ3n) is 6.51. The highest BCUT2D eigenvalue weighted by Gasteiger charge is 2.38. The van der Waals surface area contributed by atoms with Gasteiger partial charge in [0.2, 0.25) is 11.8 Å². The first-order valence-electron chi connectivity index (χ1n) is 12.5. The zero-order chi connectivity index (χ0) is 25.5. The molecule has 3 rings (SSSR count). The van der Waals surface area contributed by atoms with E-state index in [1.165, 1.54) is 0 Å². The number of nitrogens with zero attached hydrogens (tertiary/aromatic N) is 2. The summed E-state index contributed by atoms with van der Waals surface area (Å²) in [6, 6.07) is 9.08. The third-order valence-corrected chi connectivity index (χ3v) is 6.51. The smallest absolute Gasteiger partial charge is 0.234 e. The van der Waals surface area contributed by atoms with Crippen molar-refractivity contribution in [2.24, 2.45) is 17.6 Å². The minimum absolute atomic E-state index is 0. The summed E-state index contributed by atoms with van der Waals surface area (Å²) in [5.74, 6) is -0.236. The number of carbonyl (C=O) groups is 3. The maximum atomic E-state index is 13.8. The van der Waals surface area contributed by atoms with Crippen LogP contribution in [0.15, 0.2) is 41.0 Å². The Balaban J connectivity index is 0.00000456. The molecule has 1 aliphatic heterocycles. The summed E-state index contributed by atoms with van der Waals surface area (Å²) in [6.45, 7) is 9.93. The van der Waals surface area contributed by atoms with E-state index in [1.54, 1.807) is 17.2 Å². The van der Waals surface area contributed by atoms with Gasteiger partial charge in [-0.3, -0.25) is 14.4 Å². The summed E-state index contributed by atoms with van der Waals surface area (Å²) in [7, 11) is 0. The maximum absolute atomic E-state index is 13.8. The van der Waals surface area contributed by atoms with E-state index >= 15 is 0 Å². The zero-order valence-electron chi connectivity index (χ0n) is 21.7. The van der Waals surface area contributed by atoms with E-state index in [0.717, 1.165) is 30.0 Å². The number of carbonyl (C=O) groups excluding carboxylic acids is 3. The van der Waals surface area contributed by atoms with Crippen molar-refractivity contribution in [1.82, 2.24) is 5.32 Å². The lowest BCUT2D eigenvalue weighted by Crippen LogP contribution is -2.47. The van der Waals surface area contributed by atoms with Gasteiger partial charge in [0, 0.05) is 25.4 Å². The average Bonchev–Trinajstić information content (AvgIpc) is 3.35. The summed E-state index contributed by atoms with van der Waals surface area (Å²) in [6.07, 6.45) is 2.64. The third kappa shape index (κ3) is 6.89. The lowest BCUT2D eigenvalue weighted by Gasteiger charge is -2.38. The topological polar surface area (TPSA) is 109 Å². The molecule has 1 aromatic heterocycles. The lowest BCUT2D eigenvalue weighted by molar-refractivity contribution is -0.131. The predicted octanol–water partition coefficient (Wildman–Crippen LogP) is 3.70. The van der Waals surface area contributed by atoms with Crippen molar-refractivity contribution >= 4 is 41.4 Å². The van der Waals surface area contributed by atoms with Gasteiger partial charge >= 0.3 is 0 Å². The molecule has 0 aliphatic carbocycles. The molecule has 0 spiro atoms. The molecule has 2 heterocycles. The predicted molar refractivity (Wildman–Crippen MR) is 144 cm³/mol. The number of hydrogen-bond donors (Lipinski definition) is 2. The van der Waals surface area contributed by atoms with Crippen molar-refractivity contribution in [3.8, 4) is 0 Å². The molecule has 198 valence electrons. The molecule has 3 N–H and O–H groups in total. The Morgan fingerprint density at radius 1 is 1.19 bits per heavy atom. The maximum Gasteiger partial charge on any atom is 0.234 e. The fourth-order valence-corrected chi connectivity index (χ4v) is 4.81. The second-order valence-corrected chi connectivity index (χ2v) is 9.49. The van der Waals surface area contributed by atoms with Crippen molar-refractivity contribution in [3.63, 3.8) is 0 Å². The number of ketones is 1. The van der Waals surface area contributed by atoms with Gasteiger partial charge in [-0.15, -0.1) is 12.4 Å². The Hall–Kier alpha value is -2.84. The van der Waals surface area contributed by atoms with Gasteiger partial charge in [0.25, 0.3) is 0 Å². The molecule has 0 bridgehead atoms. The Labute approximate surface area is 220 Å². The second kappa shape index (κ2) is 13.5. The number of halogens is 1. The van der Waals surface area contributed by atoms with Gasteiger partial charge in [0.05, 0.1) is 36.8 Å². The largest absolute Gasteiger partial charge is 0.467 e. The van der Waals surface area contributed by atoms with E-state index < -0.39 is 12.0 Å². The van der Waals surface area contributed by atoms with E-state index in [4.69, 9.17) is 10.2 Å². The molecule has 1 aromatic carbocycles. The van der Waals surface area contributed by atoms with E-state index in [9.17, 15) is 14.4 Å². The Morgan fingerprint density at radius 2 is 1.92 bits per heavy atom. The molecule has 8 nitrogen and oxygen atoms in total. The molecule has 1 aliphatic rings. The van der Waals surface area contributed by atoms with E-state index in [1.807, 2.05) is 38.1 Å². The summed E-state index contributed by atoms with van der Waals surface area (Å²) in [5, 5.41) is 2.75. The van der Waals surface area contributed by atoms with Gasteiger partial charge in [-0.25, -0.2) is 0 Å². The minimum atomic E-state index is -0.652. The quantitative estimate of drug-likeness (QED) is 0.443.